The molecule has 0 radical (unpaired) electrons. The van der Waals surface area contributed by atoms with Gasteiger partial charge in [0.25, 0.3) is 5.89 Å². The van der Waals surface area contributed by atoms with Crippen LogP contribution in [0.2, 0.25) is 0 Å². The molecule has 2 heterocycles. The van der Waals surface area contributed by atoms with Crippen LogP contribution in [-0.2, 0) is 21.4 Å². The second-order valence-electron chi connectivity index (χ2n) is 5.83. The molecule has 29 heavy (non-hydrogen) atoms. The molecule has 0 saturated carbocycles. The summed E-state index contributed by atoms with van der Waals surface area (Å²) in [5, 5.41) is 7.47. The average Bonchev–Trinajstić information content (AvgIpc) is 3.38. The van der Waals surface area contributed by atoms with Gasteiger partial charge in [-0.15, -0.1) is 0 Å². The van der Waals surface area contributed by atoms with E-state index in [-0.39, 0.29) is 30.5 Å². The third-order valence-corrected chi connectivity index (χ3v) is 6.80. The molecule has 3 aromatic rings. The maximum atomic E-state index is 14.1. The lowest BCUT2D eigenvalue weighted by molar-refractivity contribution is 0.0424. The van der Waals surface area contributed by atoms with Gasteiger partial charge in [-0.25, -0.2) is 17.6 Å². The Hall–Kier alpha value is -2.63. The Bertz CT molecular complexity index is 1090. The number of halogens is 1. The Morgan fingerprint density at radius 1 is 1.28 bits per heavy atom. The number of esters is 1. The van der Waals surface area contributed by atoms with Crippen molar-refractivity contribution in [1.29, 1.82) is 0 Å². The smallest absolute Gasteiger partial charge is 0.341 e. The fourth-order valence-electron chi connectivity index (χ4n) is 2.56. The Kier molecular flexibility index (Phi) is 6.40. The molecule has 154 valence electrons. The lowest BCUT2D eigenvalue weighted by Crippen LogP contribution is -2.30. The minimum Gasteiger partial charge on any atom is -0.452 e. The third-order valence-electron chi connectivity index (χ3n) is 4.08. The number of hydrogen-bond donors (Lipinski definition) is 0. The molecule has 0 fully saturated rings. The van der Waals surface area contributed by atoms with Crippen molar-refractivity contribution < 1.29 is 26.9 Å². The van der Waals surface area contributed by atoms with E-state index in [2.05, 4.69) is 10.1 Å². The Balaban J connectivity index is 1.76. The summed E-state index contributed by atoms with van der Waals surface area (Å²) in [6, 6.07) is 4.82. The normalized spacial score (nSPS) is 11.7. The summed E-state index contributed by atoms with van der Waals surface area (Å²) >= 11 is 1.47. The van der Waals surface area contributed by atoms with Gasteiger partial charge in [-0.2, -0.15) is 20.6 Å². The largest absolute Gasteiger partial charge is 0.452 e. The van der Waals surface area contributed by atoms with Crippen LogP contribution in [0.25, 0.3) is 11.4 Å². The highest BCUT2D eigenvalue weighted by Gasteiger charge is 2.25. The molecule has 0 amide bonds. The van der Waals surface area contributed by atoms with Gasteiger partial charge in [-0.05, 0) is 29.6 Å². The number of aromatic nitrogens is 2. The monoisotopic (exact) mass is 439 g/mol. The Morgan fingerprint density at radius 3 is 2.69 bits per heavy atom. The summed E-state index contributed by atoms with van der Waals surface area (Å²) in [4.78, 5) is 16.2. The molecule has 3 rings (SSSR count). The predicted molar refractivity (Wildman–Crippen MR) is 103 cm³/mol. The number of carbonyl (C=O) groups excluding carboxylic acids is 1. The van der Waals surface area contributed by atoms with Crippen LogP contribution < -0.4 is 0 Å². The second kappa shape index (κ2) is 8.80. The highest BCUT2D eigenvalue weighted by molar-refractivity contribution is 7.89. The molecule has 0 aliphatic carbocycles. The van der Waals surface area contributed by atoms with Gasteiger partial charge in [-0.1, -0.05) is 19.0 Å². The van der Waals surface area contributed by atoms with E-state index < -0.39 is 27.4 Å². The van der Waals surface area contributed by atoms with Crippen LogP contribution in [-0.4, -0.2) is 41.9 Å². The lowest BCUT2D eigenvalue weighted by Gasteiger charge is -2.18. The molecule has 0 aliphatic heterocycles. The Morgan fingerprint density at radius 2 is 2.03 bits per heavy atom. The fraction of sp³-hybridized carbons (Fsp3) is 0.278. The van der Waals surface area contributed by atoms with E-state index in [0.29, 0.717) is 5.82 Å². The van der Waals surface area contributed by atoms with Crippen molar-refractivity contribution in [3.8, 4) is 11.4 Å². The van der Waals surface area contributed by atoms with E-state index in [0.717, 1.165) is 23.8 Å². The van der Waals surface area contributed by atoms with E-state index in [1.54, 1.807) is 13.8 Å². The summed E-state index contributed by atoms with van der Waals surface area (Å²) in [5.41, 5.74) is 0.271. The van der Waals surface area contributed by atoms with Crippen LogP contribution in [0.4, 0.5) is 4.39 Å². The minimum absolute atomic E-state index is 0.0341. The highest BCUT2D eigenvalue weighted by atomic mass is 32.2. The first-order valence-electron chi connectivity index (χ1n) is 8.68. The highest BCUT2D eigenvalue weighted by Crippen LogP contribution is 2.21. The first-order chi connectivity index (χ1) is 13.9. The van der Waals surface area contributed by atoms with E-state index in [4.69, 9.17) is 9.26 Å². The van der Waals surface area contributed by atoms with Gasteiger partial charge in [-0.3, -0.25) is 0 Å². The quantitative estimate of drug-likeness (QED) is 0.496. The number of benzene rings is 1. The standard InChI is InChI=1S/C18H18FN3O5S2/c1-3-22(4-2)29(24,25)13-5-6-15(19)14(9-13)18(23)26-10-16-20-17(21-27-16)12-7-8-28-11-12/h5-9,11H,3-4,10H2,1-2H3. The maximum Gasteiger partial charge on any atom is 0.341 e. The predicted octanol–water partition coefficient (Wildman–Crippen LogP) is 3.32. The van der Waals surface area contributed by atoms with Crippen LogP contribution in [0.3, 0.4) is 0 Å². The fourth-order valence-corrected chi connectivity index (χ4v) is 4.68. The molecular weight excluding hydrogens is 421 g/mol. The molecule has 0 atom stereocenters. The van der Waals surface area contributed by atoms with Crippen LogP contribution in [0, 0.1) is 5.82 Å². The molecule has 1 aromatic carbocycles. The summed E-state index contributed by atoms with van der Waals surface area (Å²) in [6.07, 6.45) is 0. The molecular formula is C18H18FN3O5S2. The number of hydrogen-bond acceptors (Lipinski definition) is 8. The van der Waals surface area contributed by atoms with Crippen LogP contribution in [0.15, 0.2) is 44.4 Å². The van der Waals surface area contributed by atoms with Crippen molar-refractivity contribution in [2.45, 2.75) is 25.3 Å². The van der Waals surface area contributed by atoms with Crippen molar-refractivity contribution in [1.82, 2.24) is 14.4 Å². The van der Waals surface area contributed by atoms with Crippen molar-refractivity contribution in [2.24, 2.45) is 0 Å². The number of carbonyl (C=O) groups is 1. The molecule has 0 aliphatic rings. The number of thiophene rings is 1. The van der Waals surface area contributed by atoms with Gasteiger partial charge in [0.2, 0.25) is 15.8 Å². The van der Waals surface area contributed by atoms with Crippen molar-refractivity contribution in [2.75, 3.05) is 13.1 Å². The molecule has 0 spiro atoms. The summed E-state index contributed by atoms with van der Waals surface area (Å²) < 4.78 is 50.6. The molecule has 0 unspecified atom stereocenters. The Labute approximate surface area is 171 Å². The summed E-state index contributed by atoms with van der Waals surface area (Å²) in [7, 11) is -3.84. The van der Waals surface area contributed by atoms with Gasteiger partial charge in [0.05, 0.1) is 10.5 Å². The topological polar surface area (TPSA) is 103 Å². The van der Waals surface area contributed by atoms with Crippen molar-refractivity contribution >= 4 is 27.3 Å². The van der Waals surface area contributed by atoms with E-state index >= 15 is 0 Å². The zero-order valence-electron chi connectivity index (χ0n) is 15.7. The molecule has 0 N–H and O–H groups in total. The molecule has 11 heteroatoms. The number of ether oxygens (including phenoxy) is 1. The van der Waals surface area contributed by atoms with E-state index in [1.807, 2.05) is 16.8 Å². The van der Waals surface area contributed by atoms with Gasteiger partial charge >= 0.3 is 5.97 Å². The maximum absolute atomic E-state index is 14.1. The van der Waals surface area contributed by atoms with Crippen LogP contribution in [0.5, 0.6) is 0 Å². The van der Waals surface area contributed by atoms with Crippen molar-refractivity contribution in [3.05, 3.63) is 52.3 Å². The number of nitrogens with zero attached hydrogens (tertiary/aromatic N) is 3. The van der Waals surface area contributed by atoms with E-state index in [1.165, 1.54) is 15.6 Å². The zero-order valence-corrected chi connectivity index (χ0v) is 17.3. The van der Waals surface area contributed by atoms with Gasteiger partial charge in [0.1, 0.15) is 5.82 Å². The summed E-state index contributed by atoms with van der Waals surface area (Å²) in [5.74, 6) is -1.55. The average molecular weight is 439 g/mol. The number of sulfonamides is 1. The first kappa shape index (κ1) is 21.1. The van der Waals surface area contributed by atoms with Crippen LogP contribution in [0.1, 0.15) is 30.1 Å². The zero-order chi connectivity index (χ0) is 21.0. The number of rotatable bonds is 8. The lowest BCUT2D eigenvalue weighted by atomic mass is 10.2. The van der Waals surface area contributed by atoms with Gasteiger partial charge in [0.15, 0.2) is 6.61 Å². The second-order valence-corrected chi connectivity index (χ2v) is 8.55. The molecule has 0 saturated heterocycles. The molecule has 2 aromatic heterocycles. The van der Waals surface area contributed by atoms with Gasteiger partial charge < -0.3 is 9.26 Å². The molecule has 8 nitrogen and oxygen atoms in total. The third kappa shape index (κ3) is 4.52. The SMILES string of the molecule is CCN(CC)S(=O)(=O)c1ccc(F)c(C(=O)OCc2nc(-c3ccsc3)no2)c1. The summed E-state index contributed by atoms with van der Waals surface area (Å²) in [6.45, 7) is 3.50. The van der Waals surface area contributed by atoms with E-state index in [9.17, 15) is 17.6 Å². The van der Waals surface area contributed by atoms with Gasteiger partial charge in [0, 0.05) is 24.0 Å². The van der Waals surface area contributed by atoms with Crippen molar-refractivity contribution in [3.63, 3.8) is 0 Å². The molecule has 0 bridgehead atoms. The first-order valence-corrected chi connectivity index (χ1v) is 11.1. The minimum atomic E-state index is -3.84. The van der Waals surface area contributed by atoms with Crippen LogP contribution >= 0.6 is 11.3 Å².